The number of anilines is 2. The molecule has 0 aromatic carbocycles. The van der Waals surface area contributed by atoms with Crippen LogP contribution in [0.3, 0.4) is 0 Å². The lowest BCUT2D eigenvalue weighted by molar-refractivity contribution is 0.0766. The number of pyridine rings is 1. The maximum atomic E-state index is 12.8. The van der Waals surface area contributed by atoms with E-state index in [1.54, 1.807) is 30.6 Å². The van der Waals surface area contributed by atoms with Crippen LogP contribution in [-0.2, 0) is 0 Å². The van der Waals surface area contributed by atoms with Gasteiger partial charge in [0.05, 0.1) is 18.3 Å². The standard InChI is InChI=1S/C18H24N6O3/c25-13-15(26)12-22-16-4-3-14(11-21-16)17(27)23-7-2-8-24(10-9-23)18-19-5-1-6-20-18/h1,3-6,11,15,25-26H,2,7-10,12-13H2,(H,21,22)/t15-/m0/s1. The number of aromatic nitrogens is 3. The van der Waals surface area contributed by atoms with Crippen LogP contribution in [0.1, 0.15) is 16.8 Å². The molecule has 0 spiro atoms. The Kier molecular flexibility index (Phi) is 6.50. The molecule has 1 atom stereocenters. The Balaban J connectivity index is 1.57. The van der Waals surface area contributed by atoms with Gasteiger partial charge in [0.1, 0.15) is 5.82 Å². The van der Waals surface area contributed by atoms with Crippen LogP contribution in [0.5, 0.6) is 0 Å². The molecule has 3 N–H and O–H groups in total. The molecule has 9 nitrogen and oxygen atoms in total. The van der Waals surface area contributed by atoms with Gasteiger partial charge in [0.15, 0.2) is 0 Å². The normalized spacial score (nSPS) is 15.9. The number of nitrogens with one attached hydrogen (secondary N) is 1. The zero-order valence-electron chi connectivity index (χ0n) is 15.0. The SMILES string of the molecule is O=C(c1ccc(NC[C@H](O)CO)nc1)N1CCCN(c2ncccn2)CC1. The lowest BCUT2D eigenvalue weighted by atomic mass is 10.2. The molecule has 0 saturated carbocycles. The summed E-state index contributed by atoms with van der Waals surface area (Å²) in [6.45, 7) is 2.64. The number of aliphatic hydroxyl groups is 2. The van der Waals surface area contributed by atoms with Crippen LogP contribution in [0.4, 0.5) is 11.8 Å². The summed E-state index contributed by atoms with van der Waals surface area (Å²) in [4.78, 5) is 29.4. The second-order valence-electron chi connectivity index (χ2n) is 6.33. The third kappa shape index (κ3) is 5.11. The van der Waals surface area contributed by atoms with Crippen molar-refractivity contribution in [1.29, 1.82) is 0 Å². The predicted molar refractivity (Wildman–Crippen MR) is 101 cm³/mol. The van der Waals surface area contributed by atoms with Gasteiger partial charge in [0.25, 0.3) is 5.91 Å². The van der Waals surface area contributed by atoms with Crippen molar-refractivity contribution in [3.8, 4) is 0 Å². The highest BCUT2D eigenvalue weighted by atomic mass is 16.3. The van der Waals surface area contributed by atoms with Gasteiger partial charge in [-0.3, -0.25) is 4.79 Å². The van der Waals surface area contributed by atoms with E-state index in [9.17, 15) is 9.90 Å². The summed E-state index contributed by atoms with van der Waals surface area (Å²) < 4.78 is 0. The molecule has 1 fully saturated rings. The molecule has 0 unspecified atom stereocenters. The number of amides is 1. The van der Waals surface area contributed by atoms with Gasteiger partial charge in [0.2, 0.25) is 5.95 Å². The van der Waals surface area contributed by atoms with Gasteiger partial charge >= 0.3 is 0 Å². The van der Waals surface area contributed by atoms with Gasteiger partial charge in [-0.15, -0.1) is 0 Å². The van der Waals surface area contributed by atoms with Crippen molar-refractivity contribution >= 4 is 17.7 Å². The molecule has 3 rings (SSSR count). The van der Waals surface area contributed by atoms with E-state index in [4.69, 9.17) is 5.11 Å². The minimum Gasteiger partial charge on any atom is -0.394 e. The van der Waals surface area contributed by atoms with E-state index in [-0.39, 0.29) is 19.1 Å². The first kappa shape index (κ1) is 19.0. The van der Waals surface area contributed by atoms with E-state index >= 15 is 0 Å². The molecule has 1 saturated heterocycles. The lowest BCUT2D eigenvalue weighted by Crippen LogP contribution is -2.35. The van der Waals surface area contributed by atoms with E-state index < -0.39 is 6.10 Å². The van der Waals surface area contributed by atoms with Gasteiger partial charge in [-0.25, -0.2) is 15.0 Å². The summed E-state index contributed by atoms with van der Waals surface area (Å²) in [5.74, 6) is 1.18. The summed E-state index contributed by atoms with van der Waals surface area (Å²) in [6.07, 6.45) is 4.96. The first-order chi connectivity index (χ1) is 13.2. The summed E-state index contributed by atoms with van der Waals surface area (Å²) in [6, 6.07) is 5.19. The molecule has 0 radical (unpaired) electrons. The van der Waals surface area contributed by atoms with E-state index in [2.05, 4.69) is 25.2 Å². The zero-order valence-corrected chi connectivity index (χ0v) is 15.0. The summed E-state index contributed by atoms with van der Waals surface area (Å²) in [5, 5.41) is 21.1. The van der Waals surface area contributed by atoms with Crippen LogP contribution >= 0.6 is 0 Å². The fourth-order valence-corrected chi connectivity index (χ4v) is 2.87. The van der Waals surface area contributed by atoms with Crippen molar-refractivity contribution < 1.29 is 15.0 Å². The second-order valence-corrected chi connectivity index (χ2v) is 6.33. The molecule has 27 heavy (non-hydrogen) atoms. The number of carbonyl (C=O) groups is 1. The van der Waals surface area contributed by atoms with Crippen molar-refractivity contribution in [2.75, 3.05) is 49.5 Å². The van der Waals surface area contributed by atoms with Crippen LogP contribution in [0.2, 0.25) is 0 Å². The summed E-state index contributed by atoms with van der Waals surface area (Å²) in [5.41, 5.74) is 0.521. The lowest BCUT2D eigenvalue weighted by Gasteiger charge is -2.22. The van der Waals surface area contributed by atoms with Gasteiger partial charge in [-0.1, -0.05) is 0 Å². The van der Waals surface area contributed by atoms with Crippen molar-refractivity contribution in [1.82, 2.24) is 19.9 Å². The van der Waals surface area contributed by atoms with E-state index in [0.29, 0.717) is 37.0 Å². The van der Waals surface area contributed by atoms with Crippen molar-refractivity contribution in [2.45, 2.75) is 12.5 Å². The quantitative estimate of drug-likeness (QED) is 0.649. The zero-order chi connectivity index (χ0) is 19.1. The van der Waals surface area contributed by atoms with Crippen LogP contribution in [0, 0.1) is 0 Å². The molecule has 1 aliphatic rings. The molecule has 0 aliphatic carbocycles. The molecule has 3 heterocycles. The first-order valence-corrected chi connectivity index (χ1v) is 8.97. The smallest absolute Gasteiger partial charge is 0.255 e. The van der Waals surface area contributed by atoms with Crippen LogP contribution in [0.15, 0.2) is 36.8 Å². The fourth-order valence-electron chi connectivity index (χ4n) is 2.87. The maximum absolute atomic E-state index is 12.8. The molecule has 1 aliphatic heterocycles. The summed E-state index contributed by atoms with van der Waals surface area (Å²) in [7, 11) is 0. The highest BCUT2D eigenvalue weighted by Gasteiger charge is 2.21. The van der Waals surface area contributed by atoms with E-state index in [0.717, 1.165) is 13.0 Å². The molecular formula is C18H24N6O3. The Morgan fingerprint density at radius 1 is 1.15 bits per heavy atom. The summed E-state index contributed by atoms with van der Waals surface area (Å²) >= 11 is 0. The largest absolute Gasteiger partial charge is 0.394 e. The average Bonchev–Trinajstić information content (AvgIpc) is 2.99. The van der Waals surface area contributed by atoms with Crippen LogP contribution in [-0.4, -0.2) is 81.4 Å². The van der Waals surface area contributed by atoms with E-state index in [1.165, 1.54) is 6.20 Å². The third-order valence-electron chi connectivity index (χ3n) is 4.36. The highest BCUT2D eigenvalue weighted by molar-refractivity contribution is 5.94. The van der Waals surface area contributed by atoms with Gasteiger partial charge in [-0.2, -0.15) is 0 Å². The topological polar surface area (TPSA) is 115 Å². The average molecular weight is 372 g/mol. The van der Waals surface area contributed by atoms with Crippen molar-refractivity contribution in [3.05, 3.63) is 42.4 Å². The fraction of sp³-hybridized carbons (Fsp3) is 0.444. The first-order valence-electron chi connectivity index (χ1n) is 8.97. The minimum atomic E-state index is -0.846. The molecule has 9 heteroatoms. The number of nitrogens with zero attached hydrogens (tertiary/aromatic N) is 5. The van der Waals surface area contributed by atoms with Gasteiger partial charge in [-0.05, 0) is 24.6 Å². The Morgan fingerprint density at radius 2 is 1.96 bits per heavy atom. The Labute approximate surface area is 157 Å². The molecule has 2 aromatic rings. The monoisotopic (exact) mass is 372 g/mol. The minimum absolute atomic E-state index is 0.0553. The molecule has 2 aromatic heterocycles. The number of hydrogen-bond acceptors (Lipinski definition) is 8. The van der Waals surface area contributed by atoms with Crippen LogP contribution < -0.4 is 10.2 Å². The molecular weight excluding hydrogens is 348 g/mol. The maximum Gasteiger partial charge on any atom is 0.255 e. The second kappa shape index (κ2) is 9.24. The van der Waals surface area contributed by atoms with Crippen molar-refractivity contribution in [2.24, 2.45) is 0 Å². The molecule has 1 amide bonds. The number of rotatable bonds is 6. The number of aliphatic hydroxyl groups excluding tert-OH is 2. The number of carbonyl (C=O) groups excluding carboxylic acids is 1. The Hall–Kier alpha value is -2.78. The van der Waals surface area contributed by atoms with Crippen LogP contribution in [0.25, 0.3) is 0 Å². The third-order valence-corrected chi connectivity index (χ3v) is 4.36. The Morgan fingerprint density at radius 3 is 2.67 bits per heavy atom. The van der Waals surface area contributed by atoms with E-state index in [1.807, 2.05) is 4.90 Å². The van der Waals surface area contributed by atoms with Crippen molar-refractivity contribution in [3.63, 3.8) is 0 Å². The van der Waals surface area contributed by atoms with Gasteiger partial charge in [0, 0.05) is 51.3 Å². The number of hydrogen-bond donors (Lipinski definition) is 3. The highest BCUT2D eigenvalue weighted by Crippen LogP contribution is 2.13. The molecule has 0 bridgehead atoms. The molecule has 144 valence electrons. The predicted octanol–water partition coefficient (Wildman–Crippen LogP) is -0.0108. The van der Waals surface area contributed by atoms with Gasteiger partial charge < -0.3 is 25.3 Å². The Bertz CT molecular complexity index is 728.